The van der Waals surface area contributed by atoms with E-state index in [2.05, 4.69) is 9.88 Å². The zero-order valence-corrected chi connectivity index (χ0v) is 17.5. The number of rotatable bonds is 5. The first kappa shape index (κ1) is 20.1. The molecule has 0 bridgehead atoms. The molecule has 4 rings (SSSR count). The maximum atomic E-state index is 12.7. The Bertz CT molecular complexity index is 804. The predicted octanol–water partition coefficient (Wildman–Crippen LogP) is 2.49. The van der Waals surface area contributed by atoms with Crippen LogP contribution in [0, 0.1) is 0 Å². The topological polar surface area (TPSA) is 69.9 Å². The number of thiazole rings is 1. The zero-order valence-electron chi connectivity index (χ0n) is 16.7. The molecule has 0 radical (unpaired) electrons. The summed E-state index contributed by atoms with van der Waals surface area (Å²) in [5.41, 5.74) is 0.783. The van der Waals surface area contributed by atoms with E-state index in [9.17, 15) is 9.59 Å². The summed E-state index contributed by atoms with van der Waals surface area (Å²) in [7, 11) is 0. The van der Waals surface area contributed by atoms with Gasteiger partial charge in [-0.05, 0) is 25.0 Å². The Morgan fingerprint density at radius 1 is 0.966 bits per heavy atom. The van der Waals surface area contributed by atoms with Crippen LogP contribution in [0.3, 0.4) is 0 Å². The van der Waals surface area contributed by atoms with E-state index in [0.29, 0.717) is 26.1 Å². The van der Waals surface area contributed by atoms with Gasteiger partial charge in [0.05, 0.1) is 24.9 Å². The molecule has 29 heavy (non-hydrogen) atoms. The number of amides is 2. The monoisotopic (exact) mass is 416 g/mol. The molecule has 0 N–H and O–H groups in total. The van der Waals surface area contributed by atoms with E-state index in [0.717, 1.165) is 55.5 Å². The van der Waals surface area contributed by atoms with Crippen LogP contribution in [0.25, 0.3) is 10.8 Å². The number of carbonyl (C=O) groups excluding carboxylic acids is 2. The lowest BCUT2D eigenvalue weighted by molar-refractivity contribution is -0.134. The minimum Gasteiger partial charge on any atom is -0.462 e. The van der Waals surface area contributed by atoms with Gasteiger partial charge in [0, 0.05) is 44.6 Å². The van der Waals surface area contributed by atoms with Gasteiger partial charge in [-0.1, -0.05) is 12.8 Å². The van der Waals surface area contributed by atoms with Crippen molar-refractivity contribution >= 4 is 23.2 Å². The van der Waals surface area contributed by atoms with Crippen molar-refractivity contribution in [2.45, 2.75) is 32.1 Å². The highest BCUT2D eigenvalue weighted by atomic mass is 32.1. The first-order chi connectivity index (χ1) is 14.2. The van der Waals surface area contributed by atoms with Crippen LogP contribution in [0.1, 0.15) is 31.4 Å². The van der Waals surface area contributed by atoms with Crippen LogP contribution in [0.4, 0.5) is 0 Å². The number of aromatic nitrogens is 1. The molecule has 4 heterocycles. The Morgan fingerprint density at radius 2 is 1.69 bits per heavy atom. The van der Waals surface area contributed by atoms with Crippen LogP contribution in [-0.4, -0.2) is 77.3 Å². The number of furan rings is 1. The van der Waals surface area contributed by atoms with E-state index in [1.165, 1.54) is 24.2 Å². The van der Waals surface area contributed by atoms with E-state index in [-0.39, 0.29) is 11.8 Å². The lowest BCUT2D eigenvalue weighted by atomic mass is 10.2. The molecule has 0 aromatic carbocycles. The molecule has 2 aliphatic heterocycles. The Hall–Kier alpha value is -2.19. The number of carbonyl (C=O) groups is 2. The van der Waals surface area contributed by atoms with Crippen molar-refractivity contribution in [3.63, 3.8) is 0 Å². The number of nitrogens with zero attached hydrogens (tertiary/aromatic N) is 4. The molecule has 156 valence electrons. The fourth-order valence-corrected chi connectivity index (χ4v) is 4.72. The van der Waals surface area contributed by atoms with E-state index < -0.39 is 0 Å². The fourth-order valence-electron chi connectivity index (χ4n) is 3.94. The lowest BCUT2D eigenvalue weighted by Crippen LogP contribution is -2.52. The van der Waals surface area contributed by atoms with Crippen molar-refractivity contribution < 1.29 is 14.0 Å². The highest BCUT2D eigenvalue weighted by molar-refractivity contribution is 7.13. The second-order valence-electron chi connectivity index (χ2n) is 7.75. The molecule has 8 heteroatoms. The van der Waals surface area contributed by atoms with Crippen LogP contribution in [-0.2, 0) is 16.0 Å². The van der Waals surface area contributed by atoms with E-state index in [4.69, 9.17) is 4.42 Å². The fraction of sp³-hybridized carbons (Fsp3) is 0.571. The maximum Gasteiger partial charge on any atom is 0.236 e. The van der Waals surface area contributed by atoms with Gasteiger partial charge in [0.1, 0.15) is 0 Å². The molecule has 2 saturated heterocycles. The SMILES string of the molecule is O=C(Cc1csc(-c2ccco2)n1)N1CCN(CC(=O)N2CCCCCC2)CC1. The lowest BCUT2D eigenvalue weighted by Gasteiger charge is -2.35. The molecular formula is C21H28N4O3S. The van der Waals surface area contributed by atoms with Gasteiger partial charge in [-0.15, -0.1) is 11.3 Å². The van der Waals surface area contributed by atoms with Gasteiger partial charge in [-0.25, -0.2) is 4.98 Å². The molecule has 2 aliphatic rings. The van der Waals surface area contributed by atoms with Crippen molar-refractivity contribution in [1.29, 1.82) is 0 Å². The average Bonchev–Trinajstić information content (AvgIpc) is 3.34. The molecule has 7 nitrogen and oxygen atoms in total. The molecule has 0 spiro atoms. The summed E-state index contributed by atoms with van der Waals surface area (Å²) < 4.78 is 5.36. The van der Waals surface area contributed by atoms with Crippen LogP contribution >= 0.6 is 11.3 Å². The summed E-state index contributed by atoms with van der Waals surface area (Å²) in [5.74, 6) is 1.07. The highest BCUT2D eigenvalue weighted by Crippen LogP contribution is 2.24. The van der Waals surface area contributed by atoms with Crippen LogP contribution < -0.4 is 0 Å². The van der Waals surface area contributed by atoms with Gasteiger partial charge in [0.15, 0.2) is 10.8 Å². The van der Waals surface area contributed by atoms with Crippen LogP contribution in [0.15, 0.2) is 28.2 Å². The summed E-state index contributed by atoms with van der Waals surface area (Å²) in [5, 5.41) is 2.72. The van der Waals surface area contributed by atoms with Crippen LogP contribution in [0.5, 0.6) is 0 Å². The van der Waals surface area contributed by atoms with Crippen molar-refractivity contribution in [2.75, 3.05) is 45.8 Å². The van der Waals surface area contributed by atoms with E-state index >= 15 is 0 Å². The molecule has 2 aromatic rings. The molecule has 0 unspecified atom stereocenters. The molecule has 0 saturated carbocycles. The summed E-state index contributed by atoms with van der Waals surface area (Å²) in [4.78, 5) is 35.8. The molecule has 2 fully saturated rings. The number of hydrogen-bond acceptors (Lipinski definition) is 6. The van der Waals surface area contributed by atoms with Gasteiger partial charge >= 0.3 is 0 Å². The van der Waals surface area contributed by atoms with Crippen molar-refractivity contribution in [3.05, 3.63) is 29.5 Å². The smallest absolute Gasteiger partial charge is 0.236 e. The Kier molecular flexibility index (Phi) is 6.61. The first-order valence-electron chi connectivity index (χ1n) is 10.5. The van der Waals surface area contributed by atoms with Gasteiger partial charge in [-0.2, -0.15) is 0 Å². The highest BCUT2D eigenvalue weighted by Gasteiger charge is 2.25. The van der Waals surface area contributed by atoms with Gasteiger partial charge < -0.3 is 14.2 Å². The summed E-state index contributed by atoms with van der Waals surface area (Å²) in [6.07, 6.45) is 6.63. The third kappa shape index (κ3) is 5.25. The molecule has 0 atom stereocenters. The summed E-state index contributed by atoms with van der Waals surface area (Å²) in [6.45, 7) is 5.10. The quantitative estimate of drug-likeness (QED) is 0.749. The Balaban J connectivity index is 1.23. The Labute approximate surface area is 175 Å². The van der Waals surface area contributed by atoms with Crippen LogP contribution in [0.2, 0.25) is 0 Å². The number of hydrogen-bond donors (Lipinski definition) is 0. The van der Waals surface area contributed by atoms with Crippen molar-refractivity contribution in [2.24, 2.45) is 0 Å². The van der Waals surface area contributed by atoms with Gasteiger partial charge in [0.2, 0.25) is 11.8 Å². The molecular weight excluding hydrogens is 388 g/mol. The number of piperazine rings is 1. The standard InChI is InChI=1S/C21H28N4O3S/c26-19(14-17-16-29-21(22-17)18-6-5-13-28-18)25-11-9-23(10-12-25)15-20(27)24-7-3-1-2-4-8-24/h5-6,13,16H,1-4,7-12,14-15H2. The van der Waals surface area contributed by atoms with E-state index in [1.54, 1.807) is 6.26 Å². The second-order valence-corrected chi connectivity index (χ2v) is 8.61. The molecule has 0 aliphatic carbocycles. The van der Waals surface area contributed by atoms with E-state index in [1.807, 2.05) is 27.3 Å². The summed E-state index contributed by atoms with van der Waals surface area (Å²) >= 11 is 1.49. The summed E-state index contributed by atoms with van der Waals surface area (Å²) in [6, 6.07) is 3.70. The molecule has 2 aromatic heterocycles. The minimum atomic E-state index is 0.0970. The number of likely N-dealkylation sites (tertiary alicyclic amines) is 1. The maximum absolute atomic E-state index is 12.7. The predicted molar refractivity (Wildman–Crippen MR) is 112 cm³/mol. The first-order valence-corrected chi connectivity index (χ1v) is 11.3. The van der Waals surface area contributed by atoms with Crippen molar-refractivity contribution in [3.8, 4) is 10.8 Å². The minimum absolute atomic E-state index is 0.0970. The van der Waals surface area contributed by atoms with Crippen molar-refractivity contribution in [1.82, 2.24) is 19.7 Å². The van der Waals surface area contributed by atoms with Gasteiger partial charge in [0.25, 0.3) is 0 Å². The molecule has 2 amide bonds. The third-order valence-electron chi connectivity index (χ3n) is 5.66. The average molecular weight is 417 g/mol. The normalized spacial score (nSPS) is 18.6. The second kappa shape index (κ2) is 9.54. The Morgan fingerprint density at radius 3 is 2.38 bits per heavy atom. The largest absolute Gasteiger partial charge is 0.462 e. The zero-order chi connectivity index (χ0) is 20.1. The van der Waals surface area contributed by atoms with Gasteiger partial charge in [-0.3, -0.25) is 14.5 Å². The third-order valence-corrected chi connectivity index (χ3v) is 6.56.